The molecule has 2 aromatic rings. The first kappa shape index (κ1) is 14.3. The summed E-state index contributed by atoms with van der Waals surface area (Å²) in [5.41, 5.74) is 2.00. The molecule has 0 aliphatic rings. The Kier molecular flexibility index (Phi) is 4.45. The molecule has 1 aromatic carbocycles. The fraction of sp³-hybridized carbons (Fsp3) is 0.0769. The van der Waals surface area contributed by atoms with Crippen LogP contribution in [0.2, 0.25) is 10.2 Å². The lowest BCUT2D eigenvalue weighted by molar-refractivity contribution is 0.102. The number of pyridine rings is 1. The molecule has 1 heterocycles. The van der Waals surface area contributed by atoms with Crippen LogP contribution in [0, 0.1) is 6.92 Å². The molecule has 6 heteroatoms. The Morgan fingerprint density at radius 2 is 2.05 bits per heavy atom. The minimum absolute atomic E-state index is 0.220. The highest BCUT2D eigenvalue weighted by molar-refractivity contribution is 9.10. The highest BCUT2D eigenvalue weighted by Crippen LogP contribution is 2.25. The van der Waals surface area contributed by atoms with Gasteiger partial charge in [-0.05, 0) is 46.6 Å². The summed E-state index contributed by atoms with van der Waals surface area (Å²) in [6.07, 6.45) is 1.35. The van der Waals surface area contributed by atoms with Gasteiger partial charge in [-0.2, -0.15) is 0 Å². The number of nitrogens with zero attached hydrogens (tertiary/aromatic N) is 1. The molecule has 98 valence electrons. The summed E-state index contributed by atoms with van der Waals surface area (Å²) in [6, 6.07) is 7.10. The number of anilines is 1. The molecule has 2 rings (SSSR count). The molecule has 0 bridgehead atoms. The number of carbonyl (C=O) groups is 1. The summed E-state index contributed by atoms with van der Waals surface area (Å²) in [4.78, 5) is 16.0. The van der Waals surface area contributed by atoms with Crippen molar-refractivity contribution >= 4 is 50.7 Å². The normalized spacial score (nSPS) is 10.3. The van der Waals surface area contributed by atoms with Crippen molar-refractivity contribution < 1.29 is 4.79 Å². The third-order valence-electron chi connectivity index (χ3n) is 2.44. The van der Waals surface area contributed by atoms with E-state index in [1.54, 1.807) is 0 Å². The van der Waals surface area contributed by atoms with Gasteiger partial charge in [-0.1, -0.05) is 29.3 Å². The van der Waals surface area contributed by atoms with E-state index in [0.717, 1.165) is 10.0 Å². The van der Waals surface area contributed by atoms with Gasteiger partial charge in [-0.3, -0.25) is 4.79 Å². The molecule has 1 aromatic heterocycles. The molecule has 3 nitrogen and oxygen atoms in total. The van der Waals surface area contributed by atoms with Crippen LogP contribution in [0.5, 0.6) is 0 Å². The number of benzene rings is 1. The molecule has 0 atom stereocenters. The molecule has 19 heavy (non-hydrogen) atoms. The van der Waals surface area contributed by atoms with E-state index in [0.29, 0.717) is 5.69 Å². The van der Waals surface area contributed by atoms with Gasteiger partial charge in [-0.25, -0.2) is 4.98 Å². The lowest BCUT2D eigenvalue weighted by Crippen LogP contribution is -2.13. The second-order valence-electron chi connectivity index (χ2n) is 3.92. The number of amides is 1. The van der Waals surface area contributed by atoms with Gasteiger partial charge in [0.25, 0.3) is 5.91 Å². The molecule has 0 aliphatic carbocycles. The Hall–Kier alpha value is -1.10. The molecule has 0 unspecified atom stereocenters. The van der Waals surface area contributed by atoms with Crippen molar-refractivity contribution in [3.63, 3.8) is 0 Å². The third-order valence-corrected chi connectivity index (χ3v) is 3.64. The second kappa shape index (κ2) is 5.90. The highest BCUT2D eigenvalue weighted by Gasteiger charge is 2.13. The number of hydrogen-bond donors (Lipinski definition) is 1. The monoisotopic (exact) mass is 358 g/mol. The zero-order chi connectivity index (χ0) is 14.0. The number of carbonyl (C=O) groups excluding carboxylic acids is 1. The average molecular weight is 360 g/mol. The maximum atomic E-state index is 12.1. The second-order valence-corrected chi connectivity index (χ2v) is 5.57. The van der Waals surface area contributed by atoms with Crippen LogP contribution in [0.1, 0.15) is 15.9 Å². The molecule has 1 N–H and O–H groups in total. The Labute approximate surface area is 129 Å². The predicted molar refractivity (Wildman–Crippen MR) is 81.1 cm³/mol. The van der Waals surface area contributed by atoms with Gasteiger partial charge in [0.1, 0.15) is 5.15 Å². The Balaban J connectivity index is 2.30. The highest BCUT2D eigenvalue weighted by atomic mass is 79.9. The van der Waals surface area contributed by atoms with E-state index in [1.165, 1.54) is 12.3 Å². The topological polar surface area (TPSA) is 42.0 Å². The maximum absolute atomic E-state index is 12.1. The number of nitrogens with one attached hydrogen (secondary N) is 1. The maximum Gasteiger partial charge on any atom is 0.257 e. The molecule has 0 radical (unpaired) electrons. The van der Waals surface area contributed by atoms with Crippen molar-refractivity contribution in [2.24, 2.45) is 0 Å². The summed E-state index contributed by atoms with van der Waals surface area (Å²) >= 11 is 15.1. The molecule has 1 amide bonds. The summed E-state index contributed by atoms with van der Waals surface area (Å²) < 4.78 is 0.794. The van der Waals surface area contributed by atoms with Crippen molar-refractivity contribution in [3.05, 3.63) is 56.2 Å². The van der Waals surface area contributed by atoms with Crippen LogP contribution >= 0.6 is 39.1 Å². The predicted octanol–water partition coefficient (Wildman–Crippen LogP) is 4.71. The molecule has 0 spiro atoms. The molecule has 0 saturated heterocycles. The van der Waals surface area contributed by atoms with E-state index in [1.807, 2.05) is 25.1 Å². The number of hydrogen-bond acceptors (Lipinski definition) is 2. The molecule has 0 aliphatic heterocycles. The van der Waals surface area contributed by atoms with Crippen LogP contribution in [0.4, 0.5) is 5.69 Å². The van der Waals surface area contributed by atoms with E-state index < -0.39 is 0 Å². The van der Waals surface area contributed by atoms with Crippen molar-refractivity contribution in [2.75, 3.05) is 5.32 Å². The number of halogens is 3. The van der Waals surface area contributed by atoms with Gasteiger partial charge in [0.15, 0.2) is 0 Å². The Morgan fingerprint density at radius 3 is 2.79 bits per heavy atom. The summed E-state index contributed by atoms with van der Waals surface area (Å²) in [7, 11) is 0. The summed E-state index contributed by atoms with van der Waals surface area (Å²) in [5.74, 6) is -0.333. The molecule has 0 saturated carbocycles. The smallest absolute Gasteiger partial charge is 0.257 e. The van der Waals surface area contributed by atoms with Crippen LogP contribution < -0.4 is 5.32 Å². The van der Waals surface area contributed by atoms with E-state index >= 15 is 0 Å². The van der Waals surface area contributed by atoms with Crippen LogP contribution in [0.25, 0.3) is 0 Å². The Morgan fingerprint density at radius 1 is 1.32 bits per heavy atom. The summed E-state index contributed by atoms with van der Waals surface area (Å²) in [5, 5.41) is 3.25. The van der Waals surface area contributed by atoms with Crippen LogP contribution in [0.3, 0.4) is 0 Å². The largest absolute Gasteiger partial charge is 0.321 e. The number of rotatable bonds is 2. The van der Waals surface area contributed by atoms with Gasteiger partial charge in [-0.15, -0.1) is 0 Å². The lowest BCUT2D eigenvalue weighted by Gasteiger charge is -2.09. The van der Waals surface area contributed by atoms with Gasteiger partial charge in [0, 0.05) is 10.7 Å². The van der Waals surface area contributed by atoms with Crippen molar-refractivity contribution in [3.8, 4) is 0 Å². The van der Waals surface area contributed by atoms with Crippen molar-refractivity contribution in [1.29, 1.82) is 0 Å². The number of aromatic nitrogens is 1. The SMILES string of the molecule is Cc1ccc(Br)c(NC(=O)c2cc(Cl)ncc2Cl)c1. The zero-order valence-corrected chi connectivity index (χ0v) is 13.0. The van der Waals surface area contributed by atoms with Crippen molar-refractivity contribution in [2.45, 2.75) is 6.92 Å². The minimum Gasteiger partial charge on any atom is -0.321 e. The van der Waals surface area contributed by atoms with Crippen molar-refractivity contribution in [1.82, 2.24) is 4.98 Å². The first-order chi connectivity index (χ1) is 8.97. The van der Waals surface area contributed by atoms with Gasteiger partial charge in [0.2, 0.25) is 0 Å². The minimum atomic E-state index is -0.333. The van der Waals surface area contributed by atoms with E-state index in [2.05, 4.69) is 26.2 Å². The van der Waals surface area contributed by atoms with Gasteiger partial charge in [0.05, 0.1) is 16.3 Å². The summed E-state index contributed by atoms with van der Waals surface area (Å²) in [6.45, 7) is 1.94. The standard InChI is InChI=1S/C13H9BrCl2N2O/c1-7-2-3-9(14)11(4-7)18-13(19)8-5-12(16)17-6-10(8)15/h2-6H,1H3,(H,18,19). The lowest BCUT2D eigenvalue weighted by atomic mass is 10.2. The Bertz CT molecular complexity index is 647. The van der Waals surface area contributed by atoms with E-state index in [-0.39, 0.29) is 21.6 Å². The molecular formula is C13H9BrCl2N2O. The average Bonchev–Trinajstić information content (AvgIpc) is 2.36. The fourth-order valence-electron chi connectivity index (χ4n) is 1.51. The first-order valence-corrected chi connectivity index (χ1v) is 6.91. The molecule has 0 fully saturated rings. The van der Waals surface area contributed by atoms with Crippen LogP contribution in [0.15, 0.2) is 34.9 Å². The quantitative estimate of drug-likeness (QED) is 0.789. The fourth-order valence-corrected chi connectivity index (χ4v) is 2.20. The van der Waals surface area contributed by atoms with Gasteiger partial charge < -0.3 is 5.32 Å². The first-order valence-electron chi connectivity index (χ1n) is 5.36. The van der Waals surface area contributed by atoms with E-state index in [9.17, 15) is 4.79 Å². The van der Waals surface area contributed by atoms with E-state index in [4.69, 9.17) is 23.2 Å². The number of aryl methyl sites for hydroxylation is 1. The van der Waals surface area contributed by atoms with Gasteiger partial charge >= 0.3 is 0 Å². The van der Waals surface area contributed by atoms with Crippen LogP contribution in [-0.2, 0) is 0 Å². The zero-order valence-electron chi connectivity index (χ0n) is 9.88. The van der Waals surface area contributed by atoms with Crippen LogP contribution in [-0.4, -0.2) is 10.9 Å². The molecular weight excluding hydrogens is 351 g/mol. The third kappa shape index (κ3) is 3.47.